The molecule has 0 bridgehead atoms. The number of phenols is 1. The summed E-state index contributed by atoms with van der Waals surface area (Å²) < 4.78 is 1.23. The first-order valence-corrected chi connectivity index (χ1v) is 7.37. The Labute approximate surface area is 128 Å². The normalized spacial score (nSPS) is 12.2. The molecule has 3 heteroatoms. The Morgan fingerprint density at radius 1 is 1.11 bits per heavy atom. The molecule has 0 spiro atoms. The van der Waals surface area contributed by atoms with E-state index in [-0.39, 0.29) is 6.04 Å². The lowest BCUT2D eigenvalue weighted by molar-refractivity contribution is 0.465. The molecular weight excluding hydrogens is 349 g/mol. The second-order valence-corrected chi connectivity index (χ2v) is 6.13. The molecule has 0 aliphatic rings. The molecule has 2 rings (SSSR count). The number of aromatic hydroxyl groups is 1. The van der Waals surface area contributed by atoms with Crippen molar-refractivity contribution in [2.75, 3.05) is 5.32 Å². The third-order valence-corrected chi connectivity index (χ3v) is 3.88. The van der Waals surface area contributed by atoms with Crippen LogP contribution in [-0.4, -0.2) is 5.11 Å². The number of rotatable bonds is 3. The molecule has 2 aromatic carbocycles. The minimum absolute atomic E-state index is 0.0689. The molecule has 0 aliphatic heterocycles. The van der Waals surface area contributed by atoms with Crippen LogP contribution in [0.15, 0.2) is 36.4 Å². The van der Waals surface area contributed by atoms with Gasteiger partial charge in [-0.05, 0) is 78.8 Å². The summed E-state index contributed by atoms with van der Waals surface area (Å²) in [5.74, 6) is 0.350. The monoisotopic (exact) mass is 367 g/mol. The summed E-state index contributed by atoms with van der Waals surface area (Å²) in [5, 5.41) is 13.5. The molecule has 1 unspecified atom stereocenters. The van der Waals surface area contributed by atoms with E-state index in [2.05, 4.69) is 60.0 Å². The van der Waals surface area contributed by atoms with Crippen molar-refractivity contribution < 1.29 is 5.11 Å². The molecule has 0 saturated carbocycles. The molecule has 0 aliphatic carbocycles. The van der Waals surface area contributed by atoms with Gasteiger partial charge in [-0.25, -0.2) is 0 Å². The zero-order chi connectivity index (χ0) is 14.0. The first-order chi connectivity index (χ1) is 8.97. The molecule has 0 amide bonds. The van der Waals surface area contributed by atoms with Gasteiger partial charge in [-0.15, -0.1) is 0 Å². The van der Waals surface area contributed by atoms with E-state index in [9.17, 15) is 5.11 Å². The first-order valence-electron chi connectivity index (χ1n) is 6.29. The lowest BCUT2D eigenvalue weighted by Gasteiger charge is -2.19. The summed E-state index contributed by atoms with van der Waals surface area (Å²) in [7, 11) is 0. The topological polar surface area (TPSA) is 32.3 Å². The number of benzene rings is 2. The van der Waals surface area contributed by atoms with E-state index in [1.165, 1.54) is 9.13 Å². The summed E-state index contributed by atoms with van der Waals surface area (Å²) in [6.45, 7) is 6.12. The maximum Gasteiger partial charge on any atom is 0.121 e. The van der Waals surface area contributed by atoms with Gasteiger partial charge in [-0.1, -0.05) is 12.1 Å². The van der Waals surface area contributed by atoms with Crippen molar-refractivity contribution in [1.29, 1.82) is 0 Å². The molecule has 0 saturated heterocycles. The molecule has 2 aromatic rings. The Kier molecular flexibility index (Phi) is 4.34. The van der Waals surface area contributed by atoms with Crippen molar-refractivity contribution >= 4 is 28.3 Å². The predicted molar refractivity (Wildman–Crippen MR) is 88.8 cm³/mol. The molecule has 2 nitrogen and oxygen atoms in total. The van der Waals surface area contributed by atoms with Crippen LogP contribution in [0.25, 0.3) is 0 Å². The highest BCUT2D eigenvalue weighted by Crippen LogP contribution is 2.29. The fraction of sp³-hybridized carbons (Fsp3) is 0.250. The number of aryl methyl sites for hydroxylation is 2. The largest absolute Gasteiger partial charge is 0.508 e. The van der Waals surface area contributed by atoms with Crippen LogP contribution in [0.3, 0.4) is 0 Å². The molecule has 0 radical (unpaired) electrons. The van der Waals surface area contributed by atoms with Gasteiger partial charge in [-0.3, -0.25) is 0 Å². The van der Waals surface area contributed by atoms with Gasteiger partial charge in [0.2, 0.25) is 0 Å². The minimum Gasteiger partial charge on any atom is -0.508 e. The van der Waals surface area contributed by atoms with Crippen molar-refractivity contribution in [1.82, 2.24) is 0 Å². The molecule has 2 N–H and O–H groups in total. The van der Waals surface area contributed by atoms with Crippen LogP contribution in [0, 0.1) is 17.4 Å². The molecule has 0 aromatic heterocycles. The Morgan fingerprint density at radius 3 is 2.47 bits per heavy atom. The highest BCUT2D eigenvalue weighted by atomic mass is 127. The molecule has 19 heavy (non-hydrogen) atoms. The molecule has 1 atom stereocenters. The van der Waals surface area contributed by atoms with E-state index in [0.29, 0.717) is 5.75 Å². The molecule has 0 fully saturated rings. The van der Waals surface area contributed by atoms with Gasteiger partial charge >= 0.3 is 0 Å². The maximum atomic E-state index is 10.0. The molecule has 0 heterocycles. The SMILES string of the molecule is Cc1ccc(C(C)Nc2ccc(I)cc2C)c(O)c1. The second-order valence-electron chi connectivity index (χ2n) is 4.89. The summed E-state index contributed by atoms with van der Waals surface area (Å²) in [4.78, 5) is 0. The van der Waals surface area contributed by atoms with Crippen molar-refractivity contribution in [2.24, 2.45) is 0 Å². The minimum atomic E-state index is 0.0689. The van der Waals surface area contributed by atoms with E-state index in [1.807, 2.05) is 19.1 Å². The number of hydrogen-bond acceptors (Lipinski definition) is 2. The average Bonchev–Trinajstić information content (AvgIpc) is 2.32. The van der Waals surface area contributed by atoms with Crippen LogP contribution in [0.1, 0.15) is 29.7 Å². The van der Waals surface area contributed by atoms with Crippen LogP contribution in [0.4, 0.5) is 5.69 Å². The van der Waals surface area contributed by atoms with Gasteiger partial charge < -0.3 is 10.4 Å². The fourth-order valence-electron chi connectivity index (χ4n) is 2.12. The van der Waals surface area contributed by atoms with Crippen molar-refractivity contribution in [3.63, 3.8) is 0 Å². The van der Waals surface area contributed by atoms with Gasteiger partial charge in [0, 0.05) is 14.8 Å². The van der Waals surface area contributed by atoms with Crippen LogP contribution in [0.2, 0.25) is 0 Å². The number of halogens is 1. The quantitative estimate of drug-likeness (QED) is 0.765. The number of phenolic OH excluding ortho intramolecular Hbond substituents is 1. The highest BCUT2D eigenvalue weighted by molar-refractivity contribution is 14.1. The van der Waals surface area contributed by atoms with E-state index < -0.39 is 0 Å². The van der Waals surface area contributed by atoms with E-state index in [0.717, 1.165) is 16.8 Å². The summed E-state index contributed by atoms with van der Waals surface area (Å²) in [6, 6.07) is 12.2. The highest BCUT2D eigenvalue weighted by Gasteiger charge is 2.11. The van der Waals surface area contributed by atoms with Gasteiger partial charge in [-0.2, -0.15) is 0 Å². The van der Waals surface area contributed by atoms with Gasteiger partial charge in [0.05, 0.1) is 6.04 Å². The predicted octanol–water partition coefficient (Wildman–Crippen LogP) is 4.79. The zero-order valence-electron chi connectivity index (χ0n) is 11.4. The van der Waals surface area contributed by atoms with Crippen LogP contribution in [0.5, 0.6) is 5.75 Å². The first kappa shape index (κ1) is 14.2. The number of anilines is 1. The Hall–Kier alpha value is -1.23. The summed E-state index contributed by atoms with van der Waals surface area (Å²) in [5.41, 5.74) is 4.31. The lowest BCUT2D eigenvalue weighted by atomic mass is 10.0. The molecule has 100 valence electrons. The smallest absolute Gasteiger partial charge is 0.121 e. The Balaban J connectivity index is 2.23. The van der Waals surface area contributed by atoms with E-state index in [1.54, 1.807) is 6.07 Å². The van der Waals surface area contributed by atoms with Gasteiger partial charge in [0.15, 0.2) is 0 Å². The van der Waals surface area contributed by atoms with Gasteiger partial charge in [0.25, 0.3) is 0 Å². The third kappa shape index (κ3) is 3.41. The van der Waals surface area contributed by atoms with Crippen molar-refractivity contribution in [2.45, 2.75) is 26.8 Å². The zero-order valence-corrected chi connectivity index (χ0v) is 13.5. The number of hydrogen-bond donors (Lipinski definition) is 2. The van der Waals surface area contributed by atoms with E-state index >= 15 is 0 Å². The molecular formula is C16H18INO. The fourth-order valence-corrected chi connectivity index (χ4v) is 2.77. The van der Waals surface area contributed by atoms with Gasteiger partial charge in [0.1, 0.15) is 5.75 Å². The average molecular weight is 367 g/mol. The van der Waals surface area contributed by atoms with Crippen LogP contribution < -0.4 is 5.32 Å². The third-order valence-electron chi connectivity index (χ3n) is 3.21. The summed E-state index contributed by atoms with van der Waals surface area (Å²) >= 11 is 2.31. The maximum absolute atomic E-state index is 10.0. The lowest BCUT2D eigenvalue weighted by Crippen LogP contribution is -2.08. The van der Waals surface area contributed by atoms with Crippen LogP contribution in [-0.2, 0) is 0 Å². The Bertz CT molecular complexity index is 595. The van der Waals surface area contributed by atoms with E-state index in [4.69, 9.17) is 0 Å². The Morgan fingerprint density at radius 2 is 1.84 bits per heavy atom. The van der Waals surface area contributed by atoms with Crippen molar-refractivity contribution in [3.05, 3.63) is 56.7 Å². The second kappa shape index (κ2) is 5.82. The van der Waals surface area contributed by atoms with Crippen molar-refractivity contribution in [3.8, 4) is 5.75 Å². The standard InChI is InChI=1S/C16H18INO/c1-10-4-6-14(16(19)8-10)12(3)18-15-7-5-13(17)9-11(15)2/h4-9,12,18-19H,1-3H3. The summed E-state index contributed by atoms with van der Waals surface area (Å²) in [6.07, 6.45) is 0. The number of nitrogens with one attached hydrogen (secondary N) is 1. The van der Waals surface area contributed by atoms with Crippen LogP contribution >= 0.6 is 22.6 Å².